The number of nitriles is 1. The molecule has 0 bridgehead atoms. The van der Waals surface area contributed by atoms with Gasteiger partial charge in [0.05, 0.1) is 16.0 Å². The fourth-order valence-electron chi connectivity index (χ4n) is 1.10. The Morgan fingerprint density at radius 2 is 2.31 bits per heavy atom. The summed E-state index contributed by atoms with van der Waals surface area (Å²) < 4.78 is 0. The Bertz CT molecular complexity index is 481. The number of amides is 1. The van der Waals surface area contributed by atoms with Crippen molar-refractivity contribution in [2.75, 3.05) is 6.54 Å². The van der Waals surface area contributed by atoms with E-state index in [1.165, 1.54) is 18.2 Å². The normalized spacial score (nSPS) is 9.25. The van der Waals surface area contributed by atoms with Gasteiger partial charge in [-0.05, 0) is 6.07 Å². The summed E-state index contributed by atoms with van der Waals surface area (Å²) in [4.78, 5) is 21.5. The molecule has 0 aromatic heterocycles. The molecule has 1 aromatic carbocycles. The first-order chi connectivity index (χ1) is 7.57. The molecule has 0 radical (unpaired) electrons. The highest BCUT2D eigenvalue weighted by Crippen LogP contribution is 2.25. The van der Waals surface area contributed by atoms with Crippen LogP contribution in [0.3, 0.4) is 0 Å². The van der Waals surface area contributed by atoms with E-state index < -0.39 is 10.8 Å². The fourth-order valence-corrected chi connectivity index (χ4v) is 1.35. The Morgan fingerprint density at radius 3 is 2.88 bits per heavy atom. The third-order valence-corrected chi connectivity index (χ3v) is 2.06. The van der Waals surface area contributed by atoms with Crippen LogP contribution in [0.5, 0.6) is 0 Å². The molecule has 0 saturated carbocycles. The topological polar surface area (TPSA) is 96.0 Å². The summed E-state index contributed by atoms with van der Waals surface area (Å²) >= 11 is 5.70. The maximum Gasteiger partial charge on any atom is 0.283 e. The lowest BCUT2D eigenvalue weighted by Crippen LogP contribution is -2.24. The lowest BCUT2D eigenvalue weighted by Gasteiger charge is -2.04. The molecule has 16 heavy (non-hydrogen) atoms. The van der Waals surface area contributed by atoms with Crippen molar-refractivity contribution in [1.29, 1.82) is 5.26 Å². The van der Waals surface area contributed by atoms with E-state index in [0.717, 1.165) is 0 Å². The van der Waals surface area contributed by atoms with Gasteiger partial charge in [0.2, 0.25) is 0 Å². The number of benzene rings is 1. The van der Waals surface area contributed by atoms with E-state index >= 15 is 0 Å². The molecule has 0 heterocycles. The van der Waals surface area contributed by atoms with Gasteiger partial charge in [-0.15, -0.1) is 0 Å². The number of carbonyl (C=O) groups excluding carboxylic acids is 1. The largest absolute Gasteiger partial charge is 0.339 e. The van der Waals surface area contributed by atoms with E-state index in [1.807, 2.05) is 0 Å². The molecule has 1 amide bonds. The van der Waals surface area contributed by atoms with E-state index in [4.69, 9.17) is 16.9 Å². The number of nitro benzene ring substituents is 1. The van der Waals surface area contributed by atoms with Crippen molar-refractivity contribution in [3.8, 4) is 6.07 Å². The van der Waals surface area contributed by atoms with Crippen LogP contribution in [-0.4, -0.2) is 17.4 Å². The number of rotatable bonds is 3. The molecule has 0 saturated heterocycles. The van der Waals surface area contributed by atoms with Gasteiger partial charge >= 0.3 is 0 Å². The molecule has 0 unspecified atom stereocenters. The maximum atomic E-state index is 11.5. The molecule has 1 rings (SSSR count). The molecule has 0 aliphatic carbocycles. The second-order valence-corrected chi connectivity index (χ2v) is 3.14. The van der Waals surface area contributed by atoms with E-state index in [2.05, 4.69) is 5.32 Å². The van der Waals surface area contributed by atoms with Crippen molar-refractivity contribution in [2.24, 2.45) is 0 Å². The van der Waals surface area contributed by atoms with Gasteiger partial charge < -0.3 is 5.32 Å². The predicted octanol–water partition coefficient (Wildman–Crippen LogP) is 1.50. The lowest BCUT2D eigenvalue weighted by molar-refractivity contribution is -0.385. The van der Waals surface area contributed by atoms with Gasteiger partial charge in [-0.3, -0.25) is 14.9 Å². The second-order valence-electron chi connectivity index (χ2n) is 2.73. The highest BCUT2D eigenvalue weighted by molar-refractivity contribution is 6.34. The summed E-state index contributed by atoms with van der Waals surface area (Å²) in [6.07, 6.45) is 0. The molecular formula is C9H6ClN3O3. The van der Waals surface area contributed by atoms with Gasteiger partial charge in [0.1, 0.15) is 12.1 Å². The van der Waals surface area contributed by atoms with Crippen LogP contribution in [0.2, 0.25) is 5.02 Å². The Kier molecular flexibility index (Phi) is 3.80. The zero-order valence-electron chi connectivity index (χ0n) is 7.94. The first kappa shape index (κ1) is 11.9. The molecule has 6 nitrogen and oxygen atoms in total. The summed E-state index contributed by atoms with van der Waals surface area (Å²) in [6.45, 7) is -0.235. The SMILES string of the molecule is N#CCNC(=O)c1c(Cl)cccc1[N+](=O)[O-]. The summed E-state index contributed by atoms with van der Waals surface area (Å²) in [6, 6.07) is 5.61. The Morgan fingerprint density at radius 1 is 1.62 bits per heavy atom. The summed E-state index contributed by atoms with van der Waals surface area (Å²) in [5.41, 5.74) is -0.618. The van der Waals surface area contributed by atoms with Crippen molar-refractivity contribution in [1.82, 2.24) is 5.32 Å². The van der Waals surface area contributed by atoms with E-state index in [0.29, 0.717) is 0 Å². The van der Waals surface area contributed by atoms with Crippen molar-refractivity contribution < 1.29 is 9.72 Å². The van der Waals surface area contributed by atoms with Gasteiger partial charge in [-0.1, -0.05) is 17.7 Å². The zero-order chi connectivity index (χ0) is 12.1. The summed E-state index contributed by atoms with van der Waals surface area (Å²) in [5.74, 6) is -0.737. The van der Waals surface area contributed by atoms with Crippen LogP contribution in [0.1, 0.15) is 10.4 Å². The van der Waals surface area contributed by atoms with Crippen LogP contribution >= 0.6 is 11.6 Å². The van der Waals surface area contributed by atoms with Crippen LogP contribution in [0.4, 0.5) is 5.69 Å². The average Bonchev–Trinajstić information content (AvgIpc) is 2.25. The number of nitrogens with one attached hydrogen (secondary N) is 1. The Balaban J connectivity index is 3.16. The average molecular weight is 240 g/mol. The van der Waals surface area contributed by atoms with Crippen LogP contribution in [-0.2, 0) is 0 Å². The predicted molar refractivity (Wildman–Crippen MR) is 56.1 cm³/mol. The van der Waals surface area contributed by atoms with E-state index in [1.54, 1.807) is 6.07 Å². The molecule has 7 heteroatoms. The molecule has 1 N–H and O–H groups in total. The van der Waals surface area contributed by atoms with Crippen LogP contribution in [0.25, 0.3) is 0 Å². The van der Waals surface area contributed by atoms with Crippen molar-refractivity contribution >= 4 is 23.2 Å². The van der Waals surface area contributed by atoms with Crippen molar-refractivity contribution in [3.63, 3.8) is 0 Å². The van der Waals surface area contributed by atoms with Gasteiger partial charge in [0.15, 0.2) is 0 Å². The lowest BCUT2D eigenvalue weighted by atomic mass is 10.1. The third kappa shape index (κ3) is 2.46. The van der Waals surface area contributed by atoms with Crippen LogP contribution in [0.15, 0.2) is 18.2 Å². The molecular weight excluding hydrogens is 234 g/mol. The standard InChI is InChI=1S/C9H6ClN3O3/c10-6-2-1-3-7(13(15)16)8(6)9(14)12-5-4-11/h1-3H,5H2,(H,12,14). The highest BCUT2D eigenvalue weighted by atomic mass is 35.5. The Hall–Kier alpha value is -2.13. The maximum absolute atomic E-state index is 11.5. The molecule has 1 aromatic rings. The minimum atomic E-state index is -0.737. The summed E-state index contributed by atoms with van der Waals surface area (Å²) in [5, 5.41) is 21.1. The third-order valence-electron chi connectivity index (χ3n) is 1.74. The van der Waals surface area contributed by atoms with Crippen LogP contribution in [0, 0.1) is 21.4 Å². The van der Waals surface area contributed by atoms with Gasteiger partial charge in [-0.2, -0.15) is 5.26 Å². The van der Waals surface area contributed by atoms with Crippen molar-refractivity contribution in [3.05, 3.63) is 38.9 Å². The van der Waals surface area contributed by atoms with Gasteiger partial charge in [0.25, 0.3) is 11.6 Å². The molecule has 0 spiro atoms. The van der Waals surface area contributed by atoms with E-state index in [-0.39, 0.29) is 22.8 Å². The quantitative estimate of drug-likeness (QED) is 0.491. The molecule has 0 fully saturated rings. The number of hydrogen-bond donors (Lipinski definition) is 1. The minimum Gasteiger partial charge on any atom is -0.339 e. The van der Waals surface area contributed by atoms with E-state index in [9.17, 15) is 14.9 Å². The monoisotopic (exact) mass is 239 g/mol. The first-order valence-electron chi connectivity index (χ1n) is 4.16. The first-order valence-corrected chi connectivity index (χ1v) is 4.53. The number of nitro groups is 1. The molecule has 82 valence electrons. The minimum absolute atomic E-state index is 0.0235. The van der Waals surface area contributed by atoms with Gasteiger partial charge in [0, 0.05) is 6.07 Å². The zero-order valence-corrected chi connectivity index (χ0v) is 8.69. The van der Waals surface area contributed by atoms with Crippen LogP contribution < -0.4 is 5.32 Å². The summed E-state index contributed by atoms with van der Waals surface area (Å²) in [7, 11) is 0. The number of nitrogens with zero attached hydrogens (tertiary/aromatic N) is 2. The smallest absolute Gasteiger partial charge is 0.283 e. The number of halogens is 1. The Labute approximate surface area is 95.6 Å². The second kappa shape index (κ2) is 5.09. The molecule has 0 atom stereocenters. The fraction of sp³-hybridized carbons (Fsp3) is 0.111. The number of carbonyl (C=O) groups is 1. The number of hydrogen-bond acceptors (Lipinski definition) is 4. The molecule has 0 aliphatic rings. The van der Waals surface area contributed by atoms with Crippen molar-refractivity contribution in [2.45, 2.75) is 0 Å². The van der Waals surface area contributed by atoms with Gasteiger partial charge in [-0.25, -0.2) is 0 Å². The molecule has 0 aliphatic heterocycles. The highest BCUT2D eigenvalue weighted by Gasteiger charge is 2.22.